The summed E-state index contributed by atoms with van der Waals surface area (Å²) in [5, 5.41) is 9.20. The number of carbonyl (C=O) groups is 2. The molecule has 2 aromatic rings. The SMILES string of the molecule is CCc1ccc(C(=O)N(C)c2ccccc2C(=O)O)cc1. The van der Waals surface area contributed by atoms with Gasteiger partial charge in [-0.05, 0) is 36.2 Å². The van der Waals surface area contributed by atoms with Gasteiger partial charge in [0.25, 0.3) is 5.91 Å². The molecule has 0 aliphatic carbocycles. The molecular formula is C17H17NO3. The predicted octanol–water partition coefficient (Wildman–Crippen LogP) is 3.22. The van der Waals surface area contributed by atoms with Crippen molar-refractivity contribution in [3.63, 3.8) is 0 Å². The molecule has 21 heavy (non-hydrogen) atoms. The minimum atomic E-state index is -1.05. The molecule has 0 aliphatic rings. The number of aryl methyl sites for hydroxylation is 1. The van der Waals surface area contributed by atoms with Crippen molar-refractivity contribution in [1.29, 1.82) is 0 Å². The molecule has 4 nitrogen and oxygen atoms in total. The van der Waals surface area contributed by atoms with E-state index in [4.69, 9.17) is 0 Å². The molecule has 0 radical (unpaired) electrons. The Morgan fingerprint density at radius 1 is 1.05 bits per heavy atom. The highest BCUT2D eigenvalue weighted by molar-refractivity contribution is 6.09. The lowest BCUT2D eigenvalue weighted by molar-refractivity contribution is 0.0697. The third kappa shape index (κ3) is 3.11. The summed E-state index contributed by atoms with van der Waals surface area (Å²) in [7, 11) is 1.58. The third-order valence-electron chi connectivity index (χ3n) is 3.41. The van der Waals surface area contributed by atoms with Crippen LogP contribution >= 0.6 is 0 Å². The molecule has 1 N–H and O–H groups in total. The Morgan fingerprint density at radius 3 is 2.24 bits per heavy atom. The van der Waals surface area contributed by atoms with Crippen molar-refractivity contribution in [1.82, 2.24) is 0 Å². The van der Waals surface area contributed by atoms with Crippen LogP contribution in [0.15, 0.2) is 48.5 Å². The molecule has 1 amide bonds. The van der Waals surface area contributed by atoms with Crippen LogP contribution in [0.4, 0.5) is 5.69 Å². The lowest BCUT2D eigenvalue weighted by Gasteiger charge is -2.19. The third-order valence-corrected chi connectivity index (χ3v) is 3.41. The van der Waals surface area contributed by atoms with Gasteiger partial charge in [0.15, 0.2) is 0 Å². The number of hydrogen-bond donors (Lipinski definition) is 1. The number of rotatable bonds is 4. The summed E-state index contributed by atoms with van der Waals surface area (Å²) in [5.74, 6) is -1.28. The van der Waals surface area contributed by atoms with Crippen molar-refractivity contribution < 1.29 is 14.7 Å². The summed E-state index contributed by atoms with van der Waals surface area (Å²) >= 11 is 0. The fourth-order valence-electron chi connectivity index (χ4n) is 2.13. The van der Waals surface area contributed by atoms with E-state index in [2.05, 4.69) is 0 Å². The van der Waals surface area contributed by atoms with Gasteiger partial charge in [-0.3, -0.25) is 4.79 Å². The first-order chi connectivity index (χ1) is 10.0. The van der Waals surface area contributed by atoms with Crippen LogP contribution in [-0.4, -0.2) is 24.0 Å². The van der Waals surface area contributed by atoms with E-state index in [1.165, 1.54) is 11.0 Å². The van der Waals surface area contributed by atoms with Gasteiger partial charge < -0.3 is 10.0 Å². The van der Waals surface area contributed by atoms with Gasteiger partial charge in [0.2, 0.25) is 0 Å². The zero-order valence-corrected chi connectivity index (χ0v) is 12.0. The topological polar surface area (TPSA) is 57.6 Å². The lowest BCUT2D eigenvalue weighted by Crippen LogP contribution is -2.27. The molecule has 0 saturated heterocycles. The van der Waals surface area contributed by atoms with E-state index in [0.29, 0.717) is 11.3 Å². The number of aromatic carboxylic acids is 1. The number of carboxylic acid groups (broad SMARTS) is 1. The largest absolute Gasteiger partial charge is 0.478 e. The highest BCUT2D eigenvalue weighted by Gasteiger charge is 2.18. The number of carbonyl (C=O) groups excluding carboxylic acids is 1. The van der Waals surface area contributed by atoms with Crippen LogP contribution in [-0.2, 0) is 6.42 Å². The molecule has 0 unspecified atom stereocenters. The van der Waals surface area contributed by atoms with E-state index in [1.807, 2.05) is 19.1 Å². The van der Waals surface area contributed by atoms with Crippen LogP contribution in [0.1, 0.15) is 33.2 Å². The second-order valence-electron chi connectivity index (χ2n) is 4.74. The van der Waals surface area contributed by atoms with Gasteiger partial charge in [0, 0.05) is 12.6 Å². The molecule has 2 rings (SSSR count). The van der Waals surface area contributed by atoms with E-state index in [-0.39, 0.29) is 11.5 Å². The highest BCUT2D eigenvalue weighted by atomic mass is 16.4. The van der Waals surface area contributed by atoms with Gasteiger partial charge in [0.05, 0.1) is 11.3 Å². The Balaban J connectivity index is 2.32. The first-order valence-corrected chi connectivity index (χ1v) is 6.74. The number of amides is 1. The molecule has 0 atom stereocenters. The molecule has 0 bridgehead atoms. The first kappa shape index (κ1) is 14.8. The zero-order valence-electron chi connectivity index (χ0n) is 12.0. The summed E-state index contributed by atoms with van der Waals surface area (Å²) in [6.07, 6.45) is 0.909. The van der Waals surface area contributed by atoms with Gasteiger partial charge in [0.1, 0.15) is 0 Å². The number of anilines is 1. The van der Waals surface area contributed by atoms with Crippen LogP contribution in [0.3, 0.4) is 0 Å². The average molecular weight is 283 g/mol. The number of carboxylic acids is 1. The number of para-hydroxylation sites is 1. The minimum absolute atomic E-state index is 0.110. The van der Waals surface area contributed by atoms with E-state index in [9.17, 15) is 14.7 Å². The zero-order chi connectivity index (χ0) is 15.4. The molecule has 0 aliphatic heterocycles. The Labute approximate surface area is 123 Å². The van der Waals surface area contributed by atoms with Crippen molar-refractivity contribution in [3.8, 4) is 0 Å². The van der Waals surface area contributed by atoms with Crippen LogP contribution in [0.5, 0.6) is 0 Å². The van der Waals surface area contributed by atoms with Crippen LogP contribution < -0.4 is 4.90 Å². The maximum absolute atomic E-state index is 12.5. The Kier molecular flexibility index (Phi) is 4.38. The van der Waals surface area contributed by atoms with Crippen molar-refractivity contribution in [2.45, 2.75) is 13.3 Å². The van der Waals surface area contributed by atoms with Gasteiger partial charge in [-0.15, -0.1) is 0 Å². The summed E-state index contributed by atoms with van der Waals surface area (Å²) in [4.78, 5) is 25.0. The maximum atomic E-state index is 12.5. The quantitative estimate of drug-likeness (QED) is 0.937. The second kappa shape index (κ2) is 6.22. The summed E-state index contributed by atoms with van der Waals surface area (Å²) in [6, 6.07) is 13.8. The van der Waals surface area contributed by atoms with E-state index >= 15 is 0 Å². The fourth-order valence-corrected chi connectivity index (χ4v) is 2.13. The monoisotopic (exact) mass is 283 g/mol. The Bertz CT molecular complexity index is 662. The molecule has 0 heterocycles. The van der Waals surface area contributed by atoms with Crippen molar-refractivity contribution >= 4 is 17.6 Å². The second-order valence-corrected chi connectivity index (χ2v) is 4.74. The molecule has 0 spiro atoms. The highest BCUT2D eigenvalue weighted by Crippen LogP contribution is 2.21. The van der Waals surface area contributed by atoms with Gasteiger partial charge in [-0.1, -0.05) is 31.2 Å². The standard InChI is InChI=1S/C17H17NO3/c1-3-12-8-10-13(11-9-12)16(19)18(2)15-7-5-4-6-14(15)17(20)21/h4-11H,3H2,1-2H3,(H,20,21). The molecular weight excluding hydrogens is 266 g/mol. The minimum Gasteiger partial charge on any atom is -0.478 e. The summed E-state index contributed by atoms with van der Waals surface area (Å²) < 4.78 is 0. The molecule has 108 valence electrons. The van der Waals surface area contributed by atoms with Gasteiger partial charge in [-0.2, -0.15) is 0 Å². The molecule has 0 fully saturated rings. The van der Waals surface area contributed by atoms with Crippen LogP contribution in [0.2, 0.25) is 0 Å². The summed E-state index contributed by atoms with van der Waals surface area (Å²) in [5.41, 5.74) is 2.18. The van der Waals surface area contributed by atoms with Gasteiger partial charge in [-0.25, -0.2) is 4.79 Å². The predicted molar refractivity (Wildman–Crippen MR) is 82.0 cm³/mol. The first-order valence-electron chi connectivity index (χ1n) is 6.74. The molecule has 4 heteroatoms. The Hall–Kier alpha value is -2.62. The van der Waals surface area contributed by atoms with Crippen LogP contribution in [0.25, 0.3) is 0 Å². The Morgan fingerprint density at radius 2 is 1.67 bits per heavy atom. The molecule has 2 aromatic carbocycles. The summed E-state index contributed by atoms with van der Waals surface area (Å²) in [6.45, 7) is 2.05. The van der Waals surface area contributed by atoms with E-state index in [0.717, 1.165) is 12.0 Å². The number of hydrogen-bond acceptors (Lipinski definition) is 2. The fraction of sp³-hybridized carbons (Fsp3) is 0.176. The van der Waals surface area contributed by atoms with Crippen molar-refractivity contribution in [2.24, 2.45) is 0 Å². The smallest absolute Gasteiger partial charge is 0.337 e. The molecule has 0 saturated carbocycles. The molecule has 0 aromatic heterocycles. The number of benzene rings is 2. The number of nitrogens with zero attached hydrogens (tertiary/aromatic N) is 1. The van der Waals surface area contributed by atoms with Crippen molar-refractivity contribution in [3.05, 3.63) is 65.2 Å². The average Bonchev–Trinajstić information content (AvgIpc) is 2.53. The van der Waals surface area contributed by atoms with E-state index < -0.39 is 5.97 Å². The van der Waals surface area contributed by atoms with Gasteiger partial charge >= 0.3 is 5.97 Å². The normalized spacial score (nSPS) is 10.2. The van der Waals surface area contributed by atoms with E-state index in [1.54, 1.807) is 37.4 Å². The maximum Gasteiger partial charge on any atom is 0.337 e. The lowest BCUT2D eigenvalue weighted by atomic mass is 10.1. The van der Waals surface area contributed by atoms with Crippen LogP contribution in [0, 0.1) is 0 Å². The van der Waals surface area contributed by atoms with Crippen molar-refractivity contribution in [2.75, 3.05) is 11.9 Å².